The molecular weight excluding hydrogens is 1780 g/mol. The number of carboxylic acid groups (broad SMARTS) is 3. The molecule has 0 bridgehead atoms. The lowest BCUT2D eigenvalue weighted by Gasteiger charge is -2.38. The molecule has 3 heterocycles. The van der Waals surface area contributed by atoms with Crippen molar-refractivity contribution in [3.8, 4) is 5.75 Å². The number of rotatable bonds is 49. The number of aldehydes is 1. The molecular formula is C90H111F3N16O24S. The van der Waals surface area contributed by atoms with E-state index in [0.717, 1.165) is 31.5 Å². The molecule has 0 saturated carbocycles. The van der Waals surface area contributed by atoms with Crippen molar-refractivity contribution in [1.82, 2.24) is 72.0 Å². The number of likely N-dealkylation sites (N-methyl/N-ethyl adjacent to an activating group) is 3. The van der Waals surface area contributed by atoms with Crippen molar-refractivity contribution in [3.63, 3.8) is 0 Å². The molecule has 6 aromatic rings. The summed E-state index contributed by atoms with van der Waals surface area (Å²) in [4.78, 5) is 259. The van der Waals surface area contributed by atoms with Crippen molar-refractivity contribution >= 4 is 130 Å². The van der Waals surface area contributed by atoms with E-state index >= 15 is 23.2 Å². The van der Waals surface area contributed by atoms with Crippen LogP contribution in [-0.4, -0.2) is 310 Å². The number of nitrogens with zero attached hydrogens (tertiary/aromatic N) is 5. The van der Waals surface area contributed by atoms with Crippen LogP contribution in [0.2, 0.25) is 0 Å². The average Bonchev–Trinajstić information content (AvgIpc) is 1.62. The van der Waals surface area contributed by atoms with Crippen LogP contribution >= 0.6 is 11.8 Å². The van der Waals surface area contributed by atoms with Crippen molar-refractivity contribution < 1.29 is 130 Å². The molecule has 1 aromatic heterocycles. The summed E-state index contributed by atoms with van der Waals surface area (Å²) >= 11 is 0.519. The second kappa shape index (κ2) is 49.6. The highest BCUT2D eigenvalue weighted by Gasteiger charge is 2.48. The monoisotopic (exact) mass is 1890 g/mol. The minimum atomic E-state index is -2.19. The quantitative estimate of drug-likeness (QED) is 0.0156. The van der Waals surface area contributed by atoms with Crippen molar-refractivity contribution in [2.24, 2.45) is 17.4 Å². The molecule has 44 heteroatoms. The number of carbonyl (C=O) groups excluding carboxylic acids is 15. The van der Waals surface area contributed by atoms with Crippen molar-refractivity contribution in [3.05, 3.63) is 173 Å². The van der Waals surface area contributed by atoms with Gasteiger partial charge in [-0.15, -0.1) is 11.8 Å². The first-order valence-electron chi connectivity index (χ1n) is 42.9. The summed E-state index contributed by atoms with van der Waals surface area (Å²) in [6.45, 7) is 3.01. The second-order valence-electron chi connectivity index (χ2n) is 33.2. The molecule has 0 aliphatic carbocycles. The molecule has 15 atom stereocenters. The first-order chi connectivity index (χ1) is 63.5. The van der Waals surface area contributed by atoms with Crippen molar-refractivity contribution in [2.45, 2.75) is 195 Å². The Balaban J connectivity index is 1.03. The number of H-pyrrole nitrogens is 1. The fraction of sp³-hybridized carbons (Fsp3) is 0.444. The topological polar surface area (TPSA) is 609 Å². The number of phenolic OH excluding ortho intramolecular Hbond substituents is 1. The van der Waals surface area contributed by atoms with E-state index in [4.69, 9.17) is 11.5 Å². The van der Waals surface area contributed by atoms with Gasteiger partial charge in [-0.3, -0.25) is 81.5 Å². The van der Waals surface area contributed by atoms with Crippen LogP contribution < -0.4 is 54.0 Å². The smallest absolute Gasteiger partial charge is 0.305 e. The van der Waals surface area contributed by atoms with Crippen LogP contribution in [0.4, 0.5) is 13.2 Å². The Kier molecular flexibility index (Phi) is 39.0. The number of likely N-dealkylation sites (tertiary alicyclic amines) is 2. The van der Waals surface area contributed by atoms with Crippen molar-refractivity contribution in [1.29, 1.82) is 0 Å². The van der Waals surface area contributed by atoms with Gasteiger partial charge in [0.1, 0.15) is 78.5 Å². The number of aliphatic carboxylic acids is 3. The highest BCUT2D eigenvalue weighted by Crippen LogP contribution is 2.28. The normalized spacial score (nSPS) is 17.1. The fourth-order valence-electron chi connectivity index (χ4n) is 15.5. The van der Waals surface area contributed by atoms with Gasteiger partial charge in [-0.05, 0) is 76.9 Å². The molecule has 5 aromatic carbocycles. The zero-order valence-electron chi connectivity index (χ0n) is 74.1. The van der Waals surface area contributed by atoms with Crippen LogP contribution in [0, 0.1) is 23.4 Å². The van der Waals surface area contributed by atoms with E-state index in [9.17, 15) is 107 Å². The number of unbranched alkanes of at least 4 members (excludes halogenated alkanes) is 1. The number of aliphatic hydroxyl groups is 2. The summed E-state index contributed by atoms with van der Waals surface area (Å²) in [5.41, 5.74) is 13.1. The maximum absolute atomic E-state index is 15.6. The molecule has 722 valence electrons. The Morgan fingerprint density at radius 1 is 0.537 bits per heavy atom. The zero-order valence-corrected chi connectivity index (χ0v) is 74.9. The predicted molar refractivity (Wildman–Crippen MR) is 474 cm³/mol. The number of thioether (sulfide) groups is 1. The van der Waals surface area contributed by atoms with E-state index in [-0.39, 0.29) is 43.4 Å². The number of hydrogen-bond donors (Lipinski definition) is 17. The lowest BCUT2D eigenvalue weighted by Crippen LogP contribution is -2.61. The van der Waals surface area contributed by atoms with Gasteiger partial charge in [0, 0.05) is 95.6 Å². The number of aromatic hydroxyl groups is 1. The van der Waals surface area contributed by atoms with Gasteiger partial charge in [-0.2, -0.15) is 0 Å². The van der Waals surface area contributed by atoms with Gasteiger partial charge >= 0.3 is 17.9 Å². The van der Waals surface area contributed by atoms with Gasteiger partial charge in [0.2, 0.25) is 82.7 Å². The van der Waals surface area contributed by atoms with E-state index in [0.29, 0.717) is 64.2 Å². The summed E-state index contributed by atoms with van der Waals surface area (Å²) < 4.78 is 45.0. The maximum Gasteiger partial charge on any atom is 0.305 e. The standard InChI is InChI=1S/C90H111F3N16O24S/c1-7-8-23-68(89(132)109-43-56(113)36-70(109)85(128)102-65(39-76(120)121)83(126)104-78(47(2)3)90(133)105(4)53(44-110)28-48-17-11-9-12-18-48)106(5)88(131)71(33-49-19-13-10-14-20-49)107(6)87(130)66(32-51-29-58(91)77(93)59(92)30-51)98-73(115)46-134-45-67(79(122)97-41-72(95)114)103-82(125)64(38-75(118)119)100-80(123)62(31-50-24-26-54(111)27-25-50)99-81(124)63(34-52-40-96-61-22-16-15-21-57(52)61)101-84(127)69-35-55(112)42-108(69)86(129)60(94)37-74(116)117/h9-22,24-27,29-30,40,44,47,53,55-56,60,62-71,78,96,111-113H,7-8,23,28,31-39,41-43,45-46,94H2,1-6H3,(H2,95,114)(H,97,122)(H,98,115)(H,99,124)(H,100,123)(H,101,127)(H,102,128)(H,103,125)(H,104,126)(H,116,117)(H,118,119)(H,120,121)/t53?,55-,56-,60+,62+,63+,64+,65+,66+,67+,68+,69-,70-,71+,78+/m1/s1. The van der Waals surface area contributed by atoms with E-state index in [1.165, 1.54) is 44.6 Å². The summed E-state index contributed by atoms with van der Waals surface area (Å²) in [6, 6.07) is 7.61. The number of amides is 14. The Labute approximate surface area is 771 Å². The van der Waals surface area contributed by atoms with E-state index in [1.807, 2.05) is 0 Å². The van der Waals surface area contributed by atoms with Gasteiger partial charge in [0.25, 0.3) is 0 Å². The number of fused-ring (bicyclic) bond motifs is 1. The third kappa shape index (κ3) is 29.8. The minimum Gasteiger partial charge on any atom is -0.508 e. The SMILES string of the molecule is CCCC[C@@H](C(=O)N1C[C@H](O)C[C@@H]1C(=O)N[C@@H](CC(=O)O)C(=O)N[C@H](C(=O)N(C)C(C=O)Cc1ccccc1)C(C)C)N(C)C(=O)[C@H](Cc1ccccc1)N(C)C(=O)[C@H](Cc1cc(F)c(F)c(F)c1)NC(=O)CSC[C@H](NC(=O)[C@H](CC(=O)O)NC(=O)[C@H](Cc1ccc(O)cc1)NC(=O)[C@H](Cc1c[nH]c2ccccc12)NC(=O)[C@H]1C[C@@H](O)CN1C(=O)[C@@H](N)CC(=O)O)C(=O)NCC(N)=O. The van der Waals surface area contributed by atoms with Crippen LogP contribution in [-0.2, 0) is 118 Å². The molecule has 1 unspecified atom stereocenters. The van der Waals surface area contributed by atoms with Gasteiger partial charge in [0.05, 0.1) is 55.9 Å². The number of primary amides is 1. The molecule has 2 fully saturated rings. The first kappa shape index (κ1) is 105. The third-order valence-electron chi connectivity index (χ3n) is 22.7. The summed E-state index contributed by atoms with van der Waals surface area (Å²) in [5, 5.41) is 81.6. The van der Waals surface area contributed by atoms with Crippen LogP contribution in [0.15, 0.2) is 128 Å². The number of halogens is 3. The predicted octanol–water partition coefficient (Wildman–Crippen LogP) is -1.27. The summed E-state index contributed by atoms with van der Waals surface area (Å²) in [5.74, 6) is -28.1. The number of benzene rings is 5. The number of aliphatic hydroxyl groups excluding tert-OH is 2. The molecule has 40 nitrogen and oxygen atoms in total. The number of aromatic nitrogens is 1. The van der Waals surface area contributed by atoms with Crippen molar-refractivity contribution in [2.75, 3.05) is 52.3 Å². The number of nitrogens with two attached hydrogens (primary N) is 2. The molecule has 14 amide bonds. The van der Waals surface area contributed by atoms with Crippen LogP contribution in [0.3, 0.4) is 0 Å². The molecule has 19 N–H and O–H groups in total. The highest BCUT2D eigenvalue weighted by atomic mass is 32.2. The maximum atomic E-state index is 15.6. The molecule has 2 aliphatic heterocycles. The lowest BCUT2D eigenvalue weighted by molar-refractivity contribution is -0.152. The number of β-amino-alcohol motifs (C(OH)–C–C–N with tert-alkyl or cyclic N) is 2. The van der Waals surface area contributed by atoms with E-state index in [2.05, 4.69) is 47.5 Å². The number of carbonyl (C=O) groups is 18. The largest absolute Gasteiger partial charge is 0.508 e. The van der Waals surface area contributed by atoms with Gasteiger partial charge < -0.3 is 119 Å². The zero-order chi connectivity index (χ0) is 98.6. The highest BCUT2D eigenvalue weighted by molar-refractivity contribution is 8.00. The molecule has 8 rings (SSSR count). The minimum absolute atomic E-state index is 0.104. The average molecular weight is 1890 g/mol. The molecule has 0 radical (unpaired) electrons. The van der Waals surface area contributed by atoms with Gasteiger partial charge in [-0.1, -0.05) is 125 Å². The Hall–Kier alpha value is -13.9. The van der Waals surface area contributed by atoms with E-state index in [1.54, 1.807) is 106 Å². The molecule has 0 spiro atoms. The van der Waals surface area contributed by atoms with Crippen LogP contribution in [0.1, 0.15) is 100.0 Å². The Bertz CT molecular complexity index is 5230. The number of hydrogen-bond acceptors (Lipinski definition) is 23. The fourth-order valence-corrected chi connectivity index (χ4v) is 16.4. The number of nitrogens with one attached hydrogen (secondary N) is 9. The van der Waals surface area contributed by atoms with E-state index < -0.39 is 296 Å². The summed E-state index contributed by atoms with van der Waals surface area (Å²) in [6.07, 6.45) is -6.23. The van der Waals surface area contributed by atoms with Crippen LogP contribution in [0.25, 0.3) is 10.9 Å². The second-order valence-corrected chi connectivity index (χ2v) is 34.2. The number of aromatic amines is 1. The Morgan fingerprint density at radius 3 is 1.57 bits per heavy atom. The summed E-state index contributed by atoms with van der Waals surface area (Å²) in [7, 11) is 3.67. The molecule has 134 heavy (non-hydrogen) atoms. The van der Waals surface area contributed by atoms with Crippen LogP contribution in [0.5, 0.6) is 5.75 Å². The number of phenols is 1. The van der Waals surface area contributed by atoms with Gasteiger partial charge in [0.15, 0.2) is 17.5 Å². The third-order valence-corrected chi connectivity index (χ3v) is 23.8. The first-order valence-corrected chi connectivity index (χ1v) is 44.1. The number of carboxylic acids is 3. The Morgan fingerprint density at radius 2 is 1.02 bits per heavy atom. The van der Waals surface area contributed by atoms with Gasteiger partial charge in [-0.25, -0.2) is 13.2 Å². The number of para-hydroxylation sites is 1. The molecule has 2 saturated heterocycles. The lowest BCUT2D eigenvalue weighted by atomic mass is 9.99. The molecule has 2 aliphatic rings.